The molecule has 0 spiro atoms. The topological polar surface area (TPSA) is 55.4 Å². The van der Waals surface area contributed by atoms with Gasteiger partial charge in [-0.2, -0.15) is 8.78 Å². The number of benzene rings is 2. The number of nitrogens with one attached hydrogen (secondary N) is 1. The van der Waals surface area contributed by atoms with Crippen LogP contribution in [0, 0.1) is 0 Å². The maximum atomic E-state index is 12.7. The molecular weight excluding hydrogens is 348 g/mol. The first-order chi connectivity index (χ1) is 11.9. The Morgan fingerprint density at radius 2 is 1.88 bits per heavy atom. The standard InChI is InChI=1S/C18H15F2NO3S/c1-18(10-11-6-2-3-7-12(11)15(22)24-18)16(23)21-13-8-4-5-9-14(13)25-17(19)20/h2-9,17H,10H2,1H3,(H,21,23). The summed E-state index contributed by atoms with van der Waals surface area (Å²) in [7, 11) is 0. The van der Waals surface area contributed by atoms with Gasteiger partial charge in [-0.05, 0) is 30.7 Å². The van der Waals surface area contributed by atoms with Gasteiger partial charge in [-0.1, -0.05) is 42.1 Å². The Bertz CT molecular complexity index is 827. The van der Waals surface area contributed by atoms with Crippen molar-refractivity contribution in [1.82, 2.24) is 0 Å². The van der Waals surface area contributed by atoms with E-state index >= 15 is 0 Å². The molecular formula is C18H15F2NO3S. The van der Waals surface area contributed by atoms with E-state index in [0.29, 0.717) is 22.9 Å². The number of halogens is 2. The second-order valence-corrected chi connectivity index (χ2v) is 6.81. The number of thioether (sulfide) groups is 1. The first-order valence-electron chi connectivity index (χ1n) is 7.55. The molecule has 1 heterocycles. The van der Waals surface area contributed by atoms with Gasteiger partial charge in [0.15, 0.2) is 5.60 Å². The fourth-order valence-electron chi connectivity index (χ4n) is 2.68. The molecule has 1 aliphatic heterocycles. The number of amides is 1. The Morgan fingerprint density at radius 3 is 2.64 bits per heavy atom. The van der Waals surface area contributed by atoms with Crippen LogP contribution in [0.2, 0.25) is 0 Å². The summed E-state index contributed by atoms with van der Waals surface area (Å²) in [5, 5.41) is 2.61. The Balaban J connectivity index is 1.84. The molecule has 130 valence electrons. The molecule has 2 aromatic rings. The maximum absolute atomic E-state index is 12.7. The zero-order chi connectivity index (χ0) is 18.0. The largest absolute Gasteiger partial charge is 0.445 e. The van der Waals surface area contributed by atoms with E-state index in [0.717, 1.165) is 0 Å². The highest BCUT2D eigenvalue weighted by molar-refractivity contribution is 7.99. The number of carbonyl (C=O) groups excluding carboxylic acids is 2. The number of rotatable bonds is 4. The van der Waals surface area contributed by atoms with Crippen molar-refractivity contribution in [2.24, 2.45) is 0 Å². The summed E-state index contributed by atoms with van der Waals surface area (Å²) in [5.41, 5.74) is -0.00405. The number of para-hydroxylation sites is 1. The van der Waals surface area contributed by atoms with Gasteiger partial charge < -0.3 is 10.1 Å². The lowest BCUT2D eigenvalue weighted by Crippen LogP contribution is -2.49. The Labute approximate surface area is 147 Å². The van der Waals surface area contributed by atoms with Gasteiger partial charge in [0.1, 0.15) is 0 Å². The molecule has 1 atom stereocenters. The molecule has 2 aromatic carbocycles. The van der Waals surface area contributed by atoms with Crippen LogP contribution in [0.25, 0.3) is 0 Å². The van der Waals surface area contributed by atoms with Gasteiger partial charge in [-0.15, -0.1) is 0 Å². The molecule has 3 rings (SSSR count). The lowest BCUT2D eigenvalue weighted by Gasteiger charge is -2.33. The minimum absolute atomic E-state index is 0.213. The van der Waals surface area contributed by atoms with E-state index in [1.54, 1.807) is 36.4 Å². The summed E-state index contributed by atoms with van der Waals surface area (Å²) >= 11 is 0.346. The van der Waals surface area contributed by atoms with Gasteiger partial charge >= 0.3 is 5.97 Å². The van der Waals surface area contributed by atoms with Gasteiger partial charge in [0.2, 0.25) is 0 Å². The third-order valence-electron chi connectivity index (χ3n) is 3.91. The summed E-state index contributed by atoms with van der Waals surface area (Å²) in [5.74, 6) is -3.74. The Morgan fingerprint density at radius 1 is 1.20 bits per heavy atom. The van der Waals surface area contributed by atoms with Crippen LogP contribution in [0.1, 0.15) is 22.8 Å². The zero-order valence-electron chi connectivity index (χ0n) is 13.3. The van der Waals surface area contributed by atoms with Crippen LogP contribution < -0.4 is 5.32 Å². The number of anilines is 1. The number of carbonyl (C=O) groups is 2. The highest BCUT2D eigenvalue weighted by Crippen LogP contribution is 2.34. The van der Waals surface area contributed by atoms with Crippen LogP contribution in [-0.2, 0) is 16.0 Å². The fourth-order valence-corrected chi connectivity index (χ4v) is 3.28. The molecule has 0 bridgehead atoms. The van der Waals surface area contributed by atoms with Crippen molar-refractivity contribution < 1.29 is 23.1 Å². The Hall–Kier alpha value is -2.41. The number of cyclic esters (lactones) is 1. The first kappa shape index (κ1) is 17.4. The Kier molecular flexibility index (Phi) is 4.76. The van der Waals surface area contributed by atoms with Crippen molar-refractivity contribution in [3.8, 4) is 0 Å². The summed E-state index contributed by atoms with van der Waals surface area (Å²) in [4.78, 5) is 25.1. The molecule has 7 heteroatoms. The van der Waals surface area contributed by atoms with E-state index in [9.17, 15) is 18.4 Å². The van der Waals surface area contributed by atoms with Crippen molar-refractivity contribution in [3.05, 3.63) is 59.7 Å². The molecule has 0 saturated carbocycles. The third kappa shape index (κ3) is 3.66. The molecule has 4 nitrogen and oxygen atoms in total. The molecule has 0 saturated heterocycles. The van der Waals surface area contributed by atoms with Gasteiger partial charge in [-0.25, -0.2) is 4.79 Å². The van der Waals surface area contributed by atoms with Crippen LogP contribution >= 0.6 is 11.8 Å². The molecule has 1 unspecified atom stereocenters. The minimum Gasteiger partial charge on any atom is -0.445 e. The number of fused-ring (bicyclic) bond motifs is 1. The van der Waals surface area contributed by atoms with Crippen molar-refractivity contribution in [2.45, 2.75) is 29.6 Å². The highest BCUT2D eigenvalue weighted by Gasteiger charge is 2.42. The van der Waals surface area contributed by atoms with Crippen LogP contribution in [0.4, 0.5) is 14.5 Å². The molecule has 0 aliphatic carbocycles. The molecule has 0 fully saturated rings. The molecule has 1 N–H and O–H groups in total. The normalized spacial score (nSPS) is 19.3. The second-order valence-electron chi connectivity index (χ2n) is 5.78. The summed E-state index contributed by atoms with van der Waals surface area (Å²) in [6.45, 7) is 1.51. The van der Waals surface area contributed by atoms with E-state index in [1.807, 2.05) is 0 Å². The summed E-state index contributed by atoms with van der Waals surface area (Å²) in [6, 6.07) is 13.2. The van der Waals surface area contributed by atoms with Crippen molar-refractivity contribution in [1.29, 1.82) is 0 Å². The number of ether oxygens (including phenoxy) is 1. The van der Waals surface area contributed by atoms with Crippen LogP contribution in [0.15, 0.2) is 53.4 Å². The van der Waals surface area contributed by atoms with Crippen molar-refractivity contribution in [2.75, 3.05) is 5.32 Å². The van der Waals surface area contributed by atoms with Crippen molar-refractivity contribution in [3.63, 3.8) is 0 Å². The number of alkyl halides is 2. The van der Waals surface area contributed by atoms with Crippen LogP contribution in [-0.4, -0.2) is 23.2 Å². The molecule has 1 aliphatic rings. The van der Waals surface area contributed by atoms with E-state index in [4.69, 9.17) is 4.74 Å². The van der Waals surface area contributed by atoms with Gasteiger partial charge in [0.05, 0.1) is 11.3 Å². The summed E-state index contributed by atoms with van der Waals surface area (Å²) in [6.07, 6.45) is 0.213. The van der Waals surface area contributed by atoms with E-state index < -0.39 is 23.2 Å². The lowest BCUT2D eigenvalue weighted by atomic mass is 9.89. The quantitative estimate of drug-likeness (QED) is 0.656. The first-order valence-corrected chi connectivity index (χ1v) is 8.43. The highest BCUT2D eigenvalue weighted by atomic mass is 32.2. The molecule has 0 radical (unpaired) electrons. The lowest BCUT2D eigenvalue weighted by molar-refractivity contribution is -0.134. The van der Waals surface area contributed by atoms with Crippen LogP contribution in [0.5, 0.6) is 0 Å². The fraction of sp³-hybridized carbons (Fsp3) is 0.222. The second kappa shape index (κ2) is 6.84. The zero-order valence-corrected chi connectivity index (χ0v) is 14.1. The average Bonchev–Trinajstić information content (AvgIpc) is 2.56. The maximum Gasteiger partial charge on any atom is 0.339 e. The number of esters is 1. The average molecular weight is 363 g/mol. The number of hydrogen-bond donors (Lipinski definition) is 1. The predicted molar refractivity (Wildman–Crippen MR) is 90.9 cm³/mol. The molecule has 25 heavy (non-hydrogen) atoms. The van der Waals surface area contributed by atoms with Gasteiger partial charge in [-0.3, -0.25) is 4.79 Å². The molecule has 0 aromatic heterocycles. The molecule has 1 amide bonds. The van der Waals surface area contributed by atoms with Crippen LogP contribution in [0.3, 0.4) is 0 Å². The predicted octanol–water partition coefficient (Wildman–Crippen LogP) is 4.11. The minimum atomic E-state index is -2.60. The van der Waals surface area contributed by atoms with Gasteiger partial charge in [0, 0.05) is 11.3 Å². The van der Waals surface area contributed by atoms with Crippen molar-refractivity contribution >= 4 is 29.3 Å². The van der Waals surface area contributed by atoms with Gasteiger partial charge in [0.25, 0.3) is 11.7 Å². The third-order valence-corrected chi connectivity index (χ3v) is 4.70. The number of hydrogen-bond acceptors (Lipinski definition) is 4. The summed E-state index contributed by atoms with van der Waals surface area (Å²) < 4.78 is 30.7. The van der Waals surface area contributed by atoms with E-state index in [2.05, 4.69) is 5.32 Å². The SMILES string of the molecule is CC1(C(=O)Nc2ccccc2SC(F)F)Cc2ccccc2C(=O)O1. The van der Waals surface area contributed by atoms with E-state index in [1.165, 1.54) is 19.1 Å². The smallest absolute Gasteiger partial charge is 0.339 e. The van der Waals surface area contributed by atoms with E-state index in [-0.39, 0.29) is 17.0 Å². The monoisotopic (exact) mass is 363 g/mol.